The Hall–Kier alpha value is -1.82. The summed E-state index contributed by atoms with van der Waals surface area (Å²) in [6.45, 7) is 5.09. The van der Waals surface area contributed by atoms with Gasteiger partial charge in [-0.3, -0.25) is 4.68 Å². The summed E-state index contributed by atoms with van der Waals surface area (Å²) in [6, 6.07) is 6.05. The molecule has 2 amide bonds. The van der Waals surface area contributed by atoms with Gasteiger partial charge in [0.1, 0.15) is 5.69 Å². The third kappa shape index (κ3) is 4.10. The van der Waals surface area contributed by atoms with Crippen LogP contribution >= 0.6 is 11.3 Å². The quantitative estimate of drug-likeness (QED) is 0.882. The molecule has 2 rings (SSSR count). The minimum absolute atomic E-state index is 0.138. The molecule has 2 aromatic heterocycles. The fraction of sp³-hybridized carbons (Fsp3) is 0.385. The summed E-state index contributed by atoms with van der Waals surface area (Å²) in [5.74, 6) is 0. The van der Waals surface area contributed by atoms with Crippen LogP contribution in [0, 0.1) is 0 Å². The van der Waals surface area contributed by atoms with Gasteiger partial charge >= 0.3 is 6.03 Å². The van der Waals surface area contributed by atoms with E-state index in [1.807, 2.05) is 48.3 Å². The zero-order valence-electron chi connectivity index (χ0n) is 11.1. The van der Waals surface area contributed by atoms with E-state index in [0.29, 0.717) is 13.1 Å². The minimum atomic E-state index is -0.138. The summed E-state index contributed by atoms with van der Waals surface area (Å²) in [6.07, 6.45) is 1.93. The standard InChI is InChI=1S/C13H18N4OS/c1-10(2)15-13(18)14-6-8-17-7-5-11(16-17)12-4-3-9-19-12/h3-5,7,9-10H,6,8H2,1-2H3,(H2,14,15,18). The van der Waals surface area contributed by atoms with E-state index >= 15 is 0 Å². The van der Waals surface area contributed by atoms with Crippen LogP contribution in [-0.2, 0) is 6.54 Å². The average Bonchev–Trinajstić information content (AvgIpc) is 2.97. The third-order valence-corrected chi connectivity index (χ3v) is 3.35. The topological polar surface area (TPSA) is 59.0 Å². The highest BCUT2D eigenvalue weighted by Gasteiger charge is 2.04. The van der Waals surface area contributed by atoms with E-state index in [9.17, 15) is 4.79 Å². The van der Waals surface area contributed by atoms with Gasteiger partial charge in [-0.2, -0.15) is 5.10 Å². The van der Waals surface area contributed by atoms with E-state index in [1.54, 1.807) is 11.3 Å². The number of rotatable bonds is 5. The molecule has 0 spiro atoms. The summed E-state index contributed by atoms with van der Waals surface area (Å²) in [5.41, 5.74) is 0.974. The lowest BCUT2D eigenvalue weighted by molar-refractivity contribution is 0.238. The van der Waals surface area contributed by atoms with Gasteiger partial charge in [0.2, 0.25) is 0 Å². The Balaban J connectivity index is 1.79. The smallest absolute Gasteiger partial charge is 0.315 e. The second kappa shape index (κ2) is 6.38. The average molecular weight is 278 g/mol. The lowest BCUT2D eigenvalue weighted by Gasteiger charge is -2.09. The maximum Gasteiger partial charge on any atom is 0.315 e. The molecule has 0 unspecified atom stereocenters. The Bertz CT molecular complexity index is 518. The normalized spacial score (nSPS) is 10.7. The molecule has 2 N–H and O–H groups in total. The monoisotopic (exact) mass is 278 g/mol. The minimum Gasteiger partial charge on any atom is -0.336 e. The highest BCUT2D eigenvalue weighted by molar-refractivity contribution is 7.13. The third-order valence-electron chi connectivity index (χ3n) is 2.46. The molecule has 5 nitrogen and oxygen atoms in total. The highest BCUT2D eigenvalue weighted by atomic mass is 32.1. The van der Waals surface area contributed by atoms with Gasteiger partial charge in [0.05, 0.1) is 11.4 Å². The second-order valence-corrected chi connectivity index (χ2v) is 5.44. The van der Waals surface area contributed by atoms with Crippen molar-refractivity contribution in [3.63, 3.8) is 0 Å². The fourth-order valence-electron chi connectivity index (χ4n) is 1.64. The number of urea groups is 1. The predicted molar refractivity (Wildman–Crippen MR) is 77.2 cm³/mol. The van der Waals surface area contributed by atoms with Crippen LogP contribution in [-0.4, -0.2) is 28.4 Å². The van der Waals surface area contributed by atoms with Gasteiger partial charge in [0.15, 0.2) is 0 Å². The SMILES string of the molecule is CC(C)NC(=O)NCCn1ccc(-c2cccs2)n1. The molecule has 2 heterocycles. The largest absolute Gasteiger partial charge is 0.336 e. The summed E-state index contributed by atoms with van der Waals surface area (Å²) in [7, 11) is 0. The van der Waals surface area contributed by atoms with Gasteiger partial charge in [-0.1, -0.05) is 6.07 Å². The first-order valence-corrected chi connectivity index (χ1v) is 7.15. The lowest BCUT2D eigenvalue weighted by Crippen LogP contribution is -2.40. The Morgan fingerprint density at radius 1 is 1.47 bits per heavy atom. The molecule has 6 heteroatoms. The van der Waals surface area contributed by atoms with Crippen molar-refractivity contribution in [1.29, 1.82) is 0 Å². The Kier molecular flexibility index (Phi) is 4.57. The second-order valence-electron chi connectivity index (χ2n) is 4.50. The van der Waals surface area contributed by atoms with Crippen molar-refractivity contribution in [3.05, 3.63) is 29.8 Å². The van der Waals surface area contributed by atoms with Gasteiger partial charge in [-0.15, -0.1) is 11.3 Å². The lowest BCUT2D eigenvalue weighted by atomic mass is 10.3. The Labute approximate surface area is 116 Å². The molecule has 0 bridgehead atoms. The van der Waals surface area contributed by atoms with E-state index < -0.39 is 0 Å². The van der Waals surface area contributed by atoms with Crippen LogP contribution in [0.1, 0.15) is 13.8 Å². The van der Waals surface area contributed by atoms with E-state index in [-0.39, 0.29) is 12.1 Å². The van der Waals surface area contributed by atoms with Gasteiger partial charge in [0, 0.05) is 18.8 Å². The molecule has 0 saturated carbocycles. The molecule has 0 aliphatic rings. The zero-order valence-corrected chi connectivity index (χ0v) is 11.9. The van der Waals surface area contributed by atoms with Gasteiger partial charge in [0.25, 0.3) is 0 Å². The van der Waals surface area contributed by atoms with Crippen LogP contribution < -0.4 is 10.6 Å². The highest BCUT2D eigenvalue weighted by Crippen LogP contribution is 2.22. The molecular formula is C13H18N4OS. The first-order chi connectivity index (χ1) is 9.15. The number of aromatic nitrogens is 2. The van der Waals surface area contributed by atoms with Gasteiger partial charge in [-0.05, 0) is 31.4 Å². The van der Waals surface area contributed by atoms with Crippen molar-refractivity contribution < 1.29 is 4.79 Å². The van der Waals surface area contributed by atoms with Crippen LogP contribution in [0.4, 0.5) is 4.79 Å². The molecule has 0 fully saturated rings. The van der Waals surface area contributed by atoms with Crippen molar-refractivity contribution in [2.24, 2.45) is 0 Å². The van der Waals surface area contributed by atoms with E-state index in [2.05, 4.69) is 15.7 Å². The van der Waals surface area contributed by atoms with E-state index in [1.165, 1.54) is 0 Å². The van der Waals surface area contributed by atoms with Crippen LogP contribution in [0.5, 0.6) is 0 Å². The number of nitrogens with one attached hydrogen (secondary N) is 2. The predicted octanol–water partition coefficient (Wildman–Crippen LogP) is 2.32. The molecule has 102 valence electrons. The maximum absolute atomic E-state index is 11.4. The first kappa shape index (κ1) is 13.6. The molecule has 0 saturated heterocycles. The Morgan fingerprint density at radius 2 is 2.32 bits per heavy atom. The number of carbonyl (C=O) groups is 1. The molecule has 2 aromatic rings. The van der Waals surface area contributed by atoms with Crippen LogP contribution in [0.15, 0.2) is 29.8 Å². The molecule has 19 heavy (non-hydrogen) atoms. The van der Waals surface area contributed by atoms with Crippen LogP contribution in [0.2, 0.25) is 0 Å². The van der Waals surface area contributed by atoms with E-state index in [4.69, 9.17) is 0 Å². The Morgan fingerprint density at radius 3 is 3.00 bits per heavy atom. The zero-order chi connectivity index (χ0) is 13.7. The summed E-state index contributed by atoms with van der Waals surface area (Å²) >= 11 is 1.67. The maximum atomic E-state index is 11.4. The molecule has 0 radical (unpaired) electrons. The van der Waals surface area contributed by atoms with E-state index in [0.717, 1.165) is 10.6 Å². The number of thiophene rings is 1. The van der Waals surface area contributed by atoms with Crippen molar-refractivity contribution in [2.75, 3.05) is 6.54 Å². The summed E-state index contributed by atoms with van der Waals surface area (Å²) in [4.78, 5) is 12.5. The number of nitrogens with zero attached hydrogens (tertiary/aromatic N) is 2. The number of hydrogen-bond donors (Lipinski definition) is 2. The molecular weight excluding hydrogens is 260 g/mol. The fourth-order valence-corrected chi connectivity index (χ4v) is 2.33. The molecule has 0 atom stereocenters. The number of amides is 2. The summed E-state index contributed by atoms with van der Waals surface area (Å²) < 4.78 is 1.84. The summed E-state index contributed by atoms with van der Waals surface area (Å²) in [5, 5.41) is 12.1. The number of hydrogen-bond acceptors (Lipinski definition) is 3. The van der Waals surface area contributed by atoms with Gasteiger partial charge in [-0.25, -0.2) is 4.79 Å². The molecule has 0 aromatic carbocycles. The van der Waals surface area contributed by atoms with Crippen LogP contribution in [0.25, 0.3) is 10.6 Å². The number of carbonyl (C=O) groups excluding carboxylic acids is 1. The van der Waals surface area contributed by atoms with Crippen molar-refractivity contribution in [3.8, 4) is 10.6 Å². The van der Waals surface area contributed by atoms with Crippen molar-refractivity contribution in [2.45, 2.75) is 26.4 Å². The van der Waals surface area contributed by atoms with Crippen molar-refractivity contribution in [1.82, 2.24) is 20.4 Å². The first-order valence-electron chi connectivity index (χ1n) is 6.27. The van der Waals surface area contributed by atoms with Gasteiger partial charge < -0.3 is 10.6 Å². The molecule has 0 aliphatic heterocycles. The van der Waals surface area contributed by atoms with Crippen molar-refractivity contribution >= 4 is 17.4 Å². The molecule has 0 aliphatic carbocycles. The van der Waals surface area contributed by atoms with Crippen LogP contribution in [0.3, 0.4) is 0 Å².